The van der Waals surface area contributed by atoms with Crippen LogP contribution in [0.1, 0.15) is 37.4 Å². The first-order chi connectivity index (χ1) is 11.8. The summed E-state index contributed by atoms with van der Waals surface area (Å²) >= 11 is 0. The molecule has 0 atom stereocenters. The lowest BCUT2D eigenvalue weighted by Gasteiger charge is -2.27. The second kappa shape index (κ2) is 6.68. The zero-order chi connectivity index (χ0) is 16.4. The molecule has 4 rings (SSSR count). The minimum absolute atomic E-state index is 0.709. The fraction of sp³-hybridized carbons (Fsp3) is 0.381. The lowest BCUT2D eigenvalue weighted by Crippen LogP contribution is -2.19. The number of fused-ring (bicyclic) bond motifs is 1. The Morgan fingerprint density at radius 3 is 2.71 bits per heavy atom. The quantitative estimate of drug-likeness (QED) is 0.650. The van der Waals surface area contributed by atoms with E-state index in [-0.39, 0.29) is 0 Å². The molecule has 3 heteroatoms. The van der Waals surface area contributed by atoms with Gasteiger partial charge in [0, 0.05) is 30.2 Å². The number of aromatic nitrogens is 2. The number of hydrogen-bond donors (Lipinski definition) is 0. The largest absolute Gasteiger partial charge is 0.494 e. The lowest BCUT2D eigenvalue weighted by molar-refractivity contribution is 0.277. The molecule has 0 amide bonds. The first-order valence-corrected chi connectivity index (χ1v) is 8.98. The highest BCUT2D eigenvalue weighted by atomic mass is 16.5. The van der Waals surface area contributed by atoms with Gasteiger partial charge in [-0.3, -0.25) is 0 Å². The molecular formula is C21H24N2O. The topological polar surface area (TPSA) is 27.1 Å². The summed E-state index contributed by atoms with van der Waals surface area (Å²) in [5, 5.41) is 1.25. The average molecular weight is 320 g/mol. The van der Waals surface area contributed by atoms with Crippen LogP contribution in [0.15, 0.2) is 48.7 Å². The first kappa shape index (κ1) is 15.3. The Labute approximate surface area is 143 Å². The predicted molar refractivity (Wildman–Crippen MR) is 97.5 cm³/mol. The lowest BCUT2D eigenvalue weighted by atomic mass is 9.85. The summed E-state index contributed by atoms with van der Waals surface area (Å²) in [6.07, 6.45) is 6.94. The molecule has 0 N–H and O–H groups in total. The van der Waals surface area contributed by atoms with Crippen molar-refractivity contribution in [1.29, 1.82) is 0 Å². The molecule has 0 radical (unpaired) electrons. The van der Waals surface area contributed by atoms with Crippen molar-refractivity contribution in [2.45, 2.75) is 39.2 Å². The molecule has 1 aliphatic carbocycles. The van der Waals surface area contributed by atoms with Crippen LogP contribution in [-0.2, 0) is 13.0 Å². The van der Waals surface area contributed by atoms with Gasteiger partial charge in [-0.1, -0.05) is 18.6 Å². The summed E-state index contributed by atoms with van der Waals surface area (Å²) in [7, 11) is 0. The highest BCUT2D eigenvalue weighted by Gasteiger charge is 2.20. The van der Waals surface area contributed by atoms with E-state index in [0.29, 0.717) is 6.61 Å². The summed E-state index contributed by atoms with van der Waals surface area (Å²) in [5.74, 6) is 1.76. The van der Waals surface area contributed by atoms with Crippen molar-refractivity contribution in [3.05, 3.63) is 59.9 Å². The molecule has 0 spiro atoms. The maximum atomic E-state index is 5.54. The van der Waals surface area contributed by atoms with E-state index >= 15 is 0 Å². The molecule has 0 saturated heterocycles. The summed E-state index contributed by atoms with van der Waals surface area (Å²) in [6.45, 7) is 3.83. The Morgan fingerprint density at radius 1 is 1.17 bits per heavy atom. The van der Waals surface area contributed by atoms with E-state index in [4.69, 9.17) is 4.74 Å². The third kappa shape index (κ3) is 3.03. The molecule has 124 valence electrons. The molecule has 0 bridgehead atoms. The van der Waals surface area contributed by atoms with Crippen LogP contribution in [0.3, 0.4) is 0 Å². The zero-order valence-corrected chi connectivity index (χ0v) is 14.2. The van der Waals surface area contributed by atoms with Crippen LogP contribution in [-0.4, -0.2) is 16.2 Å². The maximum Gasteiger partial charge on any atom is 0.140 e. The van der Waals surface area contributed by atoms with Crippen LogP contribution in [0.25, 0.3) is 11.0 Å². The molecule has 0 unspecified atom stereocenters. The van der Waals surface area contributed by atoms with Crippen molar-refractivity contribution in [3.63, 3.8) is 0 Å². The molecule has 2 aromatic heterocycles. The Kier molecular flexibility index (Phi) is 4.24. The molecule has 2 heterocycles. The van der Waals surface area contributed by atoms with E-state index in [1.807, 2.05) is 19.2 Å². The molecule has 1 aliphatic rings. The number of pyridine rings is 1. The summed E-state index contributed by atoms with van der Waals surface area (Å²) in [5.41, 5.74) is 3.81. The Morgan fingerprint density at radius 2 is 2.00 bits per heavy atom. The molecular weight excluding hydrogens is 296 g/mol. The molecule has 1 aromatic carbocycles. The molecule has 24 heavy (non-hydrogen) atoms. The molecule has 3 nitrogen and oxygen atoms in total. The molecule has 0 aliphatic heterocycles. The first-order valence-electron chi connectivity index (χ1n) is 8.98. The van der Waals surface area contributed by atoms with Crippen molar-refractivity contribution < 1.29 is 4.74 Å². The Balaban J connectivity index is 1.63. The van der Waals surface area contributed by atoms with E-state index in [1.54, 1.807) is 0 Å². The van der Waals surface area contributed by atoms with Gasteiger partial charge in [0.1, 0.15) is 11.4 Å². The van der Waals surface area contributed by atoms with Gasteiger partial charge in [0.15, 0.2) is 0 Å². The van der Waals surface area contributed by atoms with Gasteiger partial charge in [0.05, 0.1) is 6.61 Å². The normalized spacial score (nSPS) is 14.7. The predicted octanol–water partition coefficient (Wildman–Crippen LogP) is 4.83. The standard InChI is InChI=1S/C21H24N2O/c1-2-24-20-10-8-16(9-11-20)13-19-14-18-7-4-12-22-21(18)23(19)15-17-5-3-6-17/h4,7-12,14,17H,2-3,5-6,13,15H2,1H3. The number of nitrogens with zero attached hydrogens (tertiary/aromatic N) is 2. The Hall–Kier alpha value is -2.29. The minimum atomic E-state index is 0.709. The maximum absolute atomic E-state index is 5.54. The van der Waals surface area contributed by atoms with Gasteiger partial charge in [-0.15, -0.1) is 0 Å². The number of benzene rings is 1. The van der Waals surface area contributed by atoms with Gasteiger partial charge in [-0.2, -0.15) is 0 Å². The van der Waals surface area contributed by atoms with Crippen molar-refractivity contribution in [3.8, 4) is 5.75 Å². The molecule has 1 saturated carbocycles. The number of ether oxygens (including phenoxy) is 1. The summed E-state index contributed by atoms with van der Waals surface area (Å²) in [4.78, 5) is 4.64. The van der Waals surface area contributed by atoms with E-state index in [2.05, 4.69) is 45.9 Å². The smallest absolute Gasteiger partial charge is 0.140 e. The van der Waals surface area contributed by atoms with Gasteiger partial charge < -0.3 is 9.30 Å². The SMILES string of the molecule is CCOc1ccc(Cc2cc3cccnc3n2CC2CCC2)cc1. The fourth-order valence-corrected chi connectivity index (χ4v) is 3.50. The van der Waals surface area contributed by atoms with E-state index in [9.17, 15) is 0 Å². The van der Waals surface area contributed by atoms with Gasteiger partial charge >= 0.3 is 0 Å². The van der Waals surface area contributed by atoms with E-state index < -0.39 is 0 Å². The second-order valence-corrected chi connectivity index (χ2v) is 6.71. The monoisotopic (exact) mass is 320 g/mol. The van der Waals surface area contributed by atoms with Crippen molar-refractivity contribution in [2.75, 3.05) is 6.61 Å². The van der Waals surface area contributed by atoms with Crippen LogP contribution in [0, 0.1) is 5.92 Å². The fourth-order valence-electron chi connectivity index (χ4n) is 3.50. The zero-order valence-electron chi connectivity index (χ0n) is 14.2. The van der Waals surface area contributed by atoms with E-state index in [0.717, 1.165) is 30.3 Å². The summed E-state index contributed by atoms with van der Waals surface area (Å²) in [6, 6.07) is 15.0. The van der Waals surface area contributed by atoms with Gasteiger partial charge in [0.25, 0.3) is 0 Å². The van der Waals surface area contributed by atoms with E-state index in [1.165, 1.54) is 35.9 Å². The van der Waals surface area contributed by atoms with Crippen molar-refractivity contribution in [2.24, 2.45) is 5.92 Å². The summed E-state index contributed by atoms with van der Waals surface area (Å²) < 4.78 is 7.98. The van der Waals surface area contributed by atoms with Gasteiger partial charge in [-0.25, -0.2) is 4.98 Å². The second-order valence-electron chi connectivity index (χ2n) is 6.71. The van der Waals surface area contributed by atoms with Crippen molar-refractivity contribution >= 4 is 11.0 Å². The number of hydrogen-bond acceptors (Lipinski definition) is 2. The van der Waals surface area contributed by atoms with Crippen LogP contribution < -0.4 is 4.74 Å². The van der Waals surface area contributed by atoms with Crippen LogP contribution >= 0.6 is 0 Å². The highest BCUT2D eigenvalue weighted by Crippen LogP contribution is 2.31. The van der Waals surface area contributed by atoms with Crippen molar-refractivity contribution in [1.82, 2.24) is 9.55 Å². The number of rotatable bonds is 6. The molecule has 3 aromatic rings. The van der Waals surface area contributed by atoms with Gasteiger partial charge in [0.2, 0.25) is 0 Å². The third-order valence-corrected chi connectivity index (χ3v) is 5.03. The third-order valence-electron chi connectivity index (χ3n) is 5.03. The molecule has 1 fully saturated rings. The minimum Gasteiger partial charge on any atom is -0.494 e. The van der Waals surface area contributed by atoms with Crippen LogP contribution in [0.5, 0.6) is 5.75 Å². The highest BCUT2D eigenvalue weighted by molar-refractivity contribution is 5.77. The van der Waals surface area contributed by atoms with Crippen LogP contribution in [0.4, 0.5) is 0 Å². The van der Waals surface area contributed by atoms with Crippen LogP contribution in [0.2, 0.25) is 0 Å². The van der Waals surface area contributed by atoms with Gasteiger partial charge in [-0.05, 0) is 61.6 Å². The Bertz CT molecular complexity index is 815. The average Bonchev–Trinajstić information content (AvgIpc) is 2.90.